The van der Waals surface area contributed by atoms with Crippen molar-refractivity contribution >= 4 is 33.4 Å². The minimum Gasteiger partial charge on any atom is -0.338 e. The van der Waals surface area contributed by atoms with Crippen LogP contribution in [0.15, 0.2) is 67.0 Å². The zero-order valence-electron chi connectivity index (χ0n) is 14.9. The van der Waals surface area contributed by atoms with E-state index in [1.165, 1.54) is 5.52 Å². The number of carbonyl (C=O) groups excluding carboxylic acids is 1. The van der Waals surface area contributed by atoms with E-state index in [1.807, 2.05) is 30.3 Å². The molecule has 4 heteroatoms. The molecule has 0 radical (unpaired) electrons. The van der Waals surface area contributed by atoms with Gasteiger partial charge in [-0.1, -0.05) is 24.3 Å². The summed E-state index contributed by atoms with van der Waals surface area (Å²) >= 11 is 0. The summed E-state index contributed by atoms with van der Waals surface area (Å²) in [5.41, 5.74) is 4.14. The Balaban J connectivity index is 1.79. The average molecular weight is 343 g/mol. The van der Waals surface area contributed by atoms with Crippen molar-refractivity contribution in [3.05, 3.63) is 72.6 Å². The minimum absolute atomic E-state index is 0.0231. The fourth-order valence-electron chi connectivity index (χ4n) is 3.59. The van der Waals surface area contributed by atoms with Crippen molar-refractivity contribution in [1.29, 1.82) is 0 Å². The molecule has 0 spiro atoms. The van der Waals surface area contributed by atoms with Crippen LogP contribution in [0.5, 0.6) is 0 Å². The number of anilines is 1. The average Bonchev–Trinajstić information content (AvgIpc) is 2.98. The highest BCUT2D eigenvalue weighted by molar-refractivity contribution is 6.16. The lowest BCUT2D eigenvalue weighted by Crippen LogP contribution is -2.14. The molecule has 4 aromatic rings. The van der Waals surface area contributed by atoms with Crippen LogP contribution in [-0.4, -0.2) is 15.5 Å². The van der Waals surface area contributed by atoms with Crippen LogP contribution in [0.1, 0.15) is 25.5 Å². The second-order valence-corrected chi connectivity index (χ2v) is 6.76. The Morgan fingerprint density at radius 2 is 1.73 bits per heavy atom. The monoisotopic (exact) mass is 343 g/mol. The van der Waals surface area contributed by atoms with Crippen LogP contribution in [0.25, 0.3) is 21.8 Å². The van der Waals surface area contributed by atoms with Gasteiger partial charge in [-0.3, -0.25) is 9.78 Å². The fraction of sp³-hybridized carbons (Fsp3) is 0.182. The maximum absolute atomic E-state index is 12.6. The Hall–Kier alpha value is -3.14. The van der Waals surface area contributed by atoms with E-state index in [0.717, 1.165) is 27.5 Å². The van der Waals surface area contributed by atoms with E-state index < -0.39 is 0 Å². The van der Waals surface area contributed by atoms with Crippen LogP contribution in [0, 0.1) is 0 Å². The van der Waals surface area contributed by atoms with Crippen molar-refractivity contribution in [2.24, 2.45) is 0 Å². The normalized spacial score (nSPS) is 11.3. The first-order valence-electron chi connectivity index (χ1n) is 8.85. The van der Waals surface area contributed by atoms with Crippen LogP contribution in [-0.2, 0) is 11.2 Å². The molecule has 4 rings (SSSR count). The highest BCUT2D eigenvalue weighted by Gasteiger charge is 2.16. The molecule has 0 unspecified atom stereocenters. The van der Waals surface area contributed by atoms with Crippen molar-refractivity contribution in [2.75, 3.05) is 5.32 Å². The summed E-state index contributed by atoms with van der Waals surface area (Å²) in [6.45, 7) is 4.36. The Kier molecular flexibility index (Phi) is 4.17. The molecule has 0 saturated carbocycles. The third-order valence-corrected chi connectivity index (χ3v) is 4.64. The van der Waals surface area contributed by atoms with Gasteiger partial charge in [0.2, 0.25) is 5.91 Å². The molecule has 0 fully saturated rings. The lowest BCUT2D eigenvalue weighted by atomic mass is 10.1. The summed E-state index contributed by atoms with van der Waals surface area (Å²) in [6.07, 6.45) is 3.75. The summed E-state index contributed by atoms with van der Waals surface area (Å²) in [5.74, 6) is -0.0231. The van der Waals surface area contributed by atoms with Crippen LogP contribution in [0.4, 0.5) is 5.69 Å². The van der Waals surface area contributed by atoms with E-state index >= 15 is 0 Å². The van der Waals surface area contributed by atoms with Crippen molar-refractivity contribution < 1.29 is 4.79 Å². The van der Waals surface area contributed by atoms with E-state index in [1.54, 1.807) is 12.4 Å². The number of nitrogens with zero attached hydrogens (tertiary/aromatic N) is 2. The van der Waals surface area contributed by atoms with Gasteiger partial charge in [0.15, 0.2) is 0 Å². The van der Waals surface area contributed by atoms with Crippen molar-refractivity contribution in [2.45, 2.75) is 26.3 Å². The van der Waals surface area contributed by atoms with Crippen LogP contribution < -0.4 is 5.32 Å². The third-order valence-electron chi connectivity index (χ3n) is 4.64. The van der Waals surface area contributed by atoms with E-state index in [-0.39, 0.29) is 5.91 Å². The van der Waals surface area contributed by atoms with Crippen LogP contribution in [0.2, 0.25) is 0 Å². The maximum Gasteiger partial charge on any atom is 0.228 e. The number of nitrogens with one attached hydrogen (secondary N) is 1. The molecule has 0 saturated heterocycles. The number of pyridine rings is 1. The third kappa shape index (κ3) is 2.84. The summed E-state index contributed by atoms with van der Waals surface area (Å²) < 4.78 is 2.32. The van der Waals surface area contributed by atoms with Crippen LogP contribution >= 0.6 is 0 Å². The summed E-state index contributed by atoms with van der Waals surface area (Å²) in [6, 6.07) is 18.5. The fourth-order valence-corrected chi connectivity index (χ4v) is 3.59. The minimum atomic E-state index is -0.0231. The number of hydrogen-bond donors (Lipinski definition) is 1. The molecule has 0 atom stereocenters. The second kappa shape index (κ2) is 6.64. The van der Waals surface area contributed by atoms with Crippen molar-refractivity contribution in [3.8, 4) is 0 Å². The standard InChI is InChI=1S/C22H21N3O/c1-15(2)25-19-8-4-3-6-17(19)22-18(7-5-9-20(22)25)24-21(26)14-16-10-12-23-13-11-16/h3-13,15H,14H2,1-2H3,(H,24,26). The number of aromatic nitrogens is 2. The second-order valence-electron chi connectivity index (χ2n) is 6.76. The van der Waals surface area contributed by atoms with Gasteiger partial charge in [0.25, 0.3) is 0 Å². The number of carbonyl (C=O) groups is 1. The number of amides is 1. The quantitative estimate of drug-likeness (QED) is 0.570. The van der Waals surface area contributed by atoms with Gasteiger partial charge in [0.1, 0.15) is 0 Å². The van der Waals surface area contributed by atoms with Crippen molar-refractivity contribution in [3.63, 3.8) is 0 Å². The molecule has 4 nitrogen and oxygen atoms in total. The molecule has 2 heterocycles. The Morgan fingerprint density at radius 1 is 1.00 bits per heavy atom. The number of fused-ring (bicyclic) bond motifs is 3. The molecular formula is C22H21N3O. The molecule has 130 valence electrons. The first-order valence-corrected chi connectivity index (χ1v) is 8.85. The molecule has 2 aromatic heterocycles. The summed E-state index contributed by atoms with van der Waals surface area (Å²) in [7, 11) is 0. The molecular weight excluding hydrogens is 322 g/mol. The van der Waals surface area contributed by atoms with E-state index in [4.69, 9.17) is 0 Å². The molecule has 2 aromatic carbocycles. The number of hydrogen-bond acceptors (Lipinski definition) is 2. The smallest absolute Gasteiger partial charge is 0.228 e. The molecule has 0 aliphatic carbocycles. The number of para-hydroxylation sites is 1. The van der Waals surface area contributed by atoms with Gasteiger partial charge in [-0.15, -0.1) is 0 Å². The first-order chi connectivity index (χ1) is 12.6. The lowest BCUT2D eigenvalue weighted by molar-refractivity contribution is -0.115. The Bertz CT molecular complexity index is 1080. The number of benzene rings is 2. The Morgan fingerprint density at radius 3 is 2.50 bits per heavy atom. The topological polar surface area (TPSA) is 46.9 Å². The zero-order chi connectivity index (χ0) is 18.1. The lowest BCUT2D eigenvalue weighted by Gasteiger charge is -2.12. The van der Waals surface area contributed by atoms with Gasteiger partial charge in [-0.25, -0.2) is 0 Å². The highest BCUT2D eigenvalue weighted by Crippen LogP contribution is 2.36. The van der Waals surface area contributed by atoms with Gasteiger partial charge in [0, 0.05) is 34.7 Å². The molecule has 1 amide bonds. The number of rotatable bonds is 4. The first kappa shape index (κ1) is 16.3. The molecule has 26 heavy (non-hydrogen) atoms. The Labute approximate surface area is 152 Å². The highest BCUT2D eigenvalue weighted by atomic mass is 16.1. The van der Waals surface area contributed by atoms with Gasteiger partial charge in [-0.05, 0) is 49.7 Å². The van der Waals surface area contributed by atoms with Crippen LogP contribution in [0.3, 0.4) is 0 Å². The van der Waals surface area contributed by atoms with E-state index in [0.29, 0.717) is 12.5 Å². The summed E-state index contributed by atoms with van der Waals surface area (Å²) in [4.78, 5) is 16.6. The molecule has 0 aliphatic heterocycles. The maximum atomic E-state index is 12.6. The SMILES string of the molecule is CC(C)n1c2ccccc2c2c(NC(=O)Cc3ccncc3)cccc21. The predicted molar refractivity (Wildman–Crippen MR) is 106 cm³/mol. The predicted octanol–water partition coefficient (Wildman–Crippen LogP) is 4.95. The van der Waals surface area contributed by atoms with Gasteiger partial charge in [0.05, 0.1) is 17.6 Å². The van der Waals surface area contributed by atoms with E-state index in [2.05, 4.69) is 53.0 Å². The molecule has 0 aliphatic rings. The molecule has 0 bridgehead atoms. The van der Waals surface area contributed by atoms with Crippen molar-refractivity contribution in [1.82, 2.24) is 9.55 Å². The van der Waals surface area contributed by atoms with E-state index in [9.17, 15) is 4.79 Å². The van der Waals surface area contributed by atoms with Gasteiger partial charge >= 0.3 is 0 Å². The van der Waals surface area contributed by atoms with Gasteiger partial charge in [-0.2, -0.15) is 0 Å². The zero-order valence-corrected chi connectivity index (χ0v) is 14.9. The largest absolute Gasteiger partial charge is 0.338 e. The summed E-state index contributed by atoms with van der Waals surface area (Å²) in [5, 5.41) is 5.37. The molecule has 1 N–H and O–H groups in total. The van der Waals surface area contributed by atoms with Gasteiger partial charge < -0.3 is 9.88 Å².